The van der Waals surface area contributed by atoms with Crippen molar-refractivity contribution in [3.63, 3.8) is 0 Å². The first-order valence-corrected chi connectivity index (χ1v) is 3.85. The van der Waals surface area contributed by atoms with Gasteiger partial charge in [0.2, 0.25) is 0 Å². The van der Waals surface area contributed by atoms with Crippen molar-refractivity contribution in [2.75, 3.05) is 19.5 Å². The molecule has 0 aliphatic carbocycles. The van der Waals surface area contributed by atoms with Crippen molar-refractivity contribution in [1.29, 1.82) is 0 Å². The lowest BCUT2D eigenvalue weighted by molar-refractivity contribution is 0.0595. The van der Waals surface area contributed by atoms with E-state index in [1.54, 1.807) is 7.05 Å². The van der Waals surface area contributed by atoms with Crippen molar-refractivity contribution in [1.82, 2.24) is 9.97 Å². The van der Waals surface area contributed by atoms with E-state index in [0.717, 1.165) is 0 Å². The van der Waals surface area contributed by atoms with Crippen LogP contribution in [-0.2, 0) is 4.74 Å². The average molecular weight is 202 g/mol. The molecule has 1 aromatic heterocycles. The summed E-state index contributed by atoms with van der Waals surface area (Å²) < 4.78 is 4.49. The van der Waals surface area contributed by atoms with E-state index in [9.17, 15) is 4.79 Å². The molecule has 0 unspecified atom stereocenters. The number of carbonyl (C=O) groups excluding carboxylic acids is 1. The first-order valence-electron chi connectivity index (χ1n) is 3.47. The Balaban J connectivity index is 3.15. The van der Waals surface area contributed by atoms with E-state index < -0.39 is 5.97 Å². The molecule has 0 fully saturated rings. The Kier molecular flexibility index (Phi) is 3.02. The molecule has 1 aromatic rings. The predicted molar refractivity (Wildman–Crippen MR) is 47.9 cm³/mol. The van der Waals surface area contributed by atoms with Crippen LogP contribution in [0.4, 0.5) is 5.82 Å². The molecule has 6 heteroatoms. The minimum atomic E-state index is -0.570. The van der Waals surface area contributed by atoms with Gasteiger partial charge in [-0.1, -0.05) is 11.6 Å². The second-order valence-corrected chi connectivity index (χ2v) is 2.52. The molecule has 0 atom stereocenters. The molecule has 13 heavy (non-hydrogen) atoms. The Morgan fingerprint density at radius 1 is 1.69 bits per heavy atom. The Hall–Kier alpha value is -1.36. The molecule has 0 radical (unpaired) electrons. The summed E-state index contributed by atoms with van der Waals surface area (Å²) in [6.45, 7) is 0. The normalized spacial score (nSPS) is 9.46. The molecule has 0 saturated carbocycles. The van der Waals surface area contributed by atoms with Crippen molar-refractivity contribution in [2.24, 2.45) is 0 Å². The molecule has 1 rings (SSSR count). The summed E-state index contributed by atoms with van der Waals surface area (Å²) in [5, 5.41) is 2.86. The maximum absolute atomic E-state index is 11.1. The lowest BCUT2D eigenvalue weighted by Crippen LogP contribution is -2.10. The number of nitrogens with zero attached hydrogens (tertiary/aromatic N) is 2. The number of ether oxygens (including phenoxy) is 1. The molecular formula is C7H8ClN3O2. The van der Waals surface area contributed by atoms with Crippen molar-refractivity contribution in [2.45, 2.75) is 0 Å². The van der Waals surface area contributed by atoms with Crippen LogP contribution in [0.15, 0.2) is 6.20 Å². The first-order chi connectivity index (χ1) is 6.19. The van der Waals surface area contributed by atoms with E-state index in [0.29, 0.717) is 5.82 Å². The third-order valence-corrected chi connectivity index (χ3v) is 1.54. The van der Waals surface area contributed by atoms with Gasteiger partial charge in [-0.15, -0.1) is 0 Å². The second kappa shape index (κ2) is 4.04. The highest BCUT2D eigenvalue weighted by molar-refractivity contribution is 6.29. The van der Waals surface area contributed by atoms with E-state index in [1.165, 1.54) is 13.3 Å². The van der Waals surface area contributed by atoms with Crippen LogP contribution in [0, 0.1) is 0 Å². The fraction of sp³-hybridized carbons (Fsp3) is 0.286. The van der Waals surface area contributed by atoms with Gasteiger partial charge in [0.25, 0.3) is 0 Å². The molecule has 0 bridgehead atoms. The van der Waals surface area contributed by atoms with Crippen LogP contribution < -0.4 is 5.32 Å². The number of halogens is 1. The average Bonchev–Trinajstić information content (AvgIpc) is 2.16. The molecule has 0 spiro atoms. The zero-order valence-corrected chi connectivity index (χ0v) is 7.92. The van der Waals surface area contributed by atoms with Gasteiger partial charge >= 0.3 is 5.97 Å². The Morgan fingerprint density at radius 2 is 2.38 bits per heavy atom. The van der Waals surface area contributed by atoms with Gasteiger partial charge in [0.1, 0.15) is 5.15 Å². The number of hydrogen-bond donors (Lipinski definition) is 1. The summed E-state index contributed by atoms with van der Waals surface area (Å²) in [7, 11) is 2.90. The van der Waals surface area contributed by atoms with Crippen LogP contribution >= 0.6 is 11.6 Å². The fourth-order valence-corrected chi connectivity index (χ4v) is 0.923. The molecule has 1 heterocycles. The van der Waals surface area contributed by atoms with Crippen LogP contribution in [0.2, 0.25) is 5.15 Å². The minimum Gasteiger partial charge on any atom is -0.464 e. The zero-order chi connectivity index (χ0) is 9.84. The van der Waals surface area contributed by atoms with Gasteiger partial charge in [0, 0.05) is 7.05 Å². The summed E-state index contributed by atoms with van der Waals surface area (Å²) >= 11 is 5.57. The first kappa shape index (κ1) is 9.73. The molecule has 1 N–H and O–H groups in total. The molecule has 5 nitrogen and oxygen atoms in total. The number of nitrogens with one attached hydrogen (secondary N) is 1. The Labute approximate surface area is 80.1 Å². The SMILES string of the molecule is CNc1ncc(Cl)nc1C(=O)OC. The highest BCUT2D eigenvalue weighted by Crippen LogP contribution is 2.13. The van der Waals surface area contributed by atoms with Crippen molar-refractivity contribution in [3.05, 3.63) is 17.0 Å². The fourth-order valence-electron chi connectivity index (χ4n) is 0.790. The number of carbonyl (C=O) groups is 1. The van der Waals surface area contributed by atoms with Gasteiger partial charge < -0.3 is 10.1 Å². The topological polar surface area (TPSA) is 64.1 Å². The Bertz CT molecular complexity index is 330. The van der Waals surface area contributed by atoms with E-state index in [1.807, 2.05) is 0 Å². The van der Waals surface area contributed by atoms with Gasteiger partial charge in [0.15, 0.2) is 11.5 Å². The summed E-state index contributed by atoms with van der Waals surface area (Å²) in [6.07, 6.45) is 1.35. The maximum Gasteiger partial charge on any atom is 0.360 e. The summed E-state index contributed by atoms with van der Waals surface area (Å²) in [6, 6.07) is 0. The van der Waals surface area contributed by atoms with E-state index in [4.69, 9.17) is 11.6 Å². The number of anilines is 1. The largest absolute Gasteiger partial charge is 0.464 e. The van der Waals surface area contributed by atoms with Crippen LogP contribution in [0.5, 0.6) is 0 Å². The molecule has 0 aromatic carbocycles. The number of aromatic nitrogens is 2. The zero-order valence-electron chi connectivity index (χ0n) is 7.17. The number of esters is 1. The van der Waals surface area contributed by atoms with Crippen LogP contribution in [-0.4, -0.2) is 30.1 Å². The smallest absolute Gasteiger partial charge is 0.360 e. The van der Waals surface area contributed by atoms with Gasteiger partial charge in [-0.2, -0.15) is 0 Å². The quantitative estimate of drug-likeness (QED) is 0.722. The van der Waals surface area contributed by atoms with E-state index >= 15 is 0 Å². The lowest BCUT2D eigenvalue weighted by atomic mass is 10.4. The summed E-state index contributed by atoms with van der Waals surface area (Å²) in [4.78, 5) is 18.8. The van der Waals surface area contributed by atoms with Crippen molar-refractivity contribution < 1.29 is 9.53 Å². The second-order valence-electron chi connectivity index (χ2n) is 2.13. The third-order valence-electron chi connectivity index (χ3n) is 1.36. The standard InChI is InChI=1S/C7H8ClN3O2/c1-9-6-5(7(12)13-2)11-4(8)3-10-6/h3H,1-2H3,(H,9,10). The molecule has 0 aliphatic rings. The monoisotopic (exact) mass is 201 g/mol. The molecule has 0 saturated heterocycles. The van der Waals surface area contributed by atoms with Crippen molar-refractivity contribution in [3.8, 4) is 0 Å². The van der Waals surface area contributed by atoms with Gasteiger partial charge in [-0.3, -0.25) is 0 Å². The molecule has 0 amide bonds. The van der Waals surface area contributed by atoms with E-state index in [2.05, 4.69) is 20.0 Å². The number of hydrogen-bond acceptors (Lipinski definition) is 5. The number of methoxy groups -OCH3 is 1. The lowest BCUT2D eigenvalue weighted by Gasteiger charge is -2.04. The minimum absolute atomic E-state index is 0.0810. The van der Waals surface area contributed by atoms with Gasteiger partial charge in [0.05, 0.1) is 13.3 Å². The van der Waals surface area contributed by atoms with Crippen LogP contribution in [0.1, 0.15) is 10.5 Å². The van der Waals surface area contributed by atoms with E-state index in [-0.39, 0.29) is 10.8 Å². The maximum atomic E-state index is 11.1. The van der Waals surface area contributed by atoms with Crippen molar-refractivity contribution >= 4 is 23.4 Å². The van der Waals surface area contributed by atoms with Crippen LogP contribution in [0.25, 0.3) is 0 Å². The molecule has 70 valence electrons. The van der Waals surface area contributed by atoms with Crippen LogP contribution in [0.3, 0.4) is 0 Å². The highest BCUT2D eigenvalue weighted by atomic mass is 35.5. The highest BCUT2D eigenvalue weighted by Gasteiger charge is 2.14. The predicted octanol–water partition coefficient (Wildman–Crippen LogP) is 0.958. The van der Waals surface area contributed by atoms with Gasteiger partial charge in [-0.05, 0) is 0 Å². The van der Waals surface area contributed by atoms with Gasteiger partial charge in [-0.25, -0.2) is 14.8 Å². The molecular weight excluding hydrogens is 194 g/mol. The number of rotatable bonds is 2. The molecule has 0 aliphatic heterocycles. The summed E-state index contributed by atoms with van der Waals surface area (Å²) in [5.41, 5.74) is 0.0810. The Morgan fingerprint density at radius 3 is 2.92 bits per heavy atom. The third kappa shape index (κ3) is 2.06. The summed E-state index contributed by atoms with van der Waals surface area (Å²) in [5.74, 6) is -0.226.